The van der Waals surface area contributed by atoms with Gasteiger partial charge in [-0.25, -0.2) is 4.58 Å². The Labute approximate surface area is 254 Å². The monoisotopic (exact) mass is 592 g/mol. The van der Waals surface area contributed by atoms with Crippen LogP contribution in [0.3, 0.4) is 0 Å². The van der Waals surface area contributed by atoms with Gasteiger partial charge in [0.1, 0.15) is 11.4 Å². The molecule has 2 heterocycles. The second-order valence-electron chi connectivity index (χ2n) is 11.2. The van der Waals surface area contributed by atoms with Gasteiger partial charge in [0.25, 0.3) is 0 Å². The smallest absolute Gasteiger partial charge is 0.364 e. The molecule has 1 N–H and O–H groups in total. The molecule has 2 aliphatic rings. The van der Waals surface area contributed by atoms with E-state index in [9.17, 15) is 9.90 Å². The summed E-state index contributed by atoms with van der Waals surface area (Å²) < 4.78 is 6.59. The van der Waals surface area contributed by atoms with E-state index >= 15 is 0 Å². The highest BCUT2D eigenvalue weighted by Gasteiger charge is 2.42. The molecular formula is C34H46N3O2S2+. The van der Waals surface area contributed by atoms with Gasteiger partial charge in [-0.2, -0.15) is 4.37 Å². The summed E-state index contributed by atoms with van der Waals surface area (Å²) in [6.07, 6.45) is 20.5. The third-order valence-corrected chi connectivity index (χ3v) is 9.87. The summed E-state index contributed by atoms with van der Waals surface area (Å²) in [7, 11) is 0. The Bertz CT molecular complexity index is 1280. The topological polar surface area (TPSA) is 65.6 Å². The highest BCUT2D eigenvalue weighted by Crippen LogP contribution is 2.44. The molecule has 220 valence electrons. The summed E-state index contributed by atoms with van der Waals surface area (Å²) in [5.74, 6) is -0.0582. The zero-order valence-corrected chi connectivity index (χ0v) is 26.7. The van der Waals surface area contributed by atoms with E-state index in [-0.39, 0.29) is 11.5 Å². The van der Waals surface area contributed by atoms with Crippen LogP contribution in [0.1, 0.15) is 113 Å². The molecule has 0 bridgehead atoms. The number of aliphatic imine (C=N–C) groups is 1. The maximum atomic E-state index is 13.1. The second kappa shape index (κ2) is 16.2. The van der Waals surface area contributed by atoms with E-state index < -0.39 is 0 Å². The zero-order valence-electron chi connectivity index (χ0n) is 25.1. The summed E-state index contributed by atoms with van der Waals surface area (Å²) in [5, 5.41) is 11.7. The van der Waals surface area contributed by atoms with Crippen molar-refractivity contribution in [3.63, 3.8) is 0 Å². The summed E-state index contributed by atoms with van der Waals surface area (Å²) in [6.45, 7) is 6.97. The van der Waals surface area contributed by atoms with E-state index in [0.717, 1.165) is 40.0 Å². The summed E-state index contributed by atoms with van der Waals surface area (Å²) >= 11 is 2.83. The minimum Gasteiger partial charge on any atom is -0.506 e. The number of para-hydroxylation sites is 1. The van der Waals surface area contributed by atoms with E-state index in [0.29, 0.717) is 16.1 Å². The first-order chi connectivity index (χ1) is 20.0. The molecule has 1 aromatic heterocycles. The summed E-state index contributed by atoms with van der Waals surface area (Å²) in [6, 6.07) is 10.3. The Hall–Kier alpha value is -2.51. The average Bonchev–Trinajstić information content (AvgIpc) is 3.58. The number of Topliss-reactive ketones (excluding diaryl/α,β-unsaturated/α-hetero) is 1. The molecule has 0 saturated heterocycles. The lowest BCUT2D eigenvalue weighted by molar-refractivity contribution is -0.439. The number of thioether (sulfide) groups is 1. The van der Waals surface area contributed by atoms with Crippen molar-refractivity contribution in [2.75, 3.05) is 6.54 Å². The molecule has 0 unspecified atom stereocenters. The fraction of sp³-hybridized carbons (Fsp3) is 0.529. The van der Waals surface area contributed by atoms with E-state index in [1.165, 1.54) is 107 Å². The number of unbranched alkanes of at least 4 members (excludes halogenated alkanes) is 13. The molecule has 0 saturated carbocycles. The molecule has 1 aliphatic carbocycles. The van der Waals surface area contributed by atoms with Gasteiger partial charge in [0.2, 0.25) is 5.78 Å². The number of nitrogens with zero attached hydrogens (tertiary/aromatic N) is 3. The number of hydrogen-bond acceptors (Lipinski definition) is 5. The van der Waals surface area contributed by atoms with Crippen LogP contribution in [0, 0.1) is 13.8 Å². The Kier molecular flexibility index (Phi) is 12.4. The highest BCUT2D eigenvalue weighted by atomic mass is 32.2. The molecule has 0 atom stereocenters. The molecule has 1 aromatic carbocycles. The largest absolute Gasteiger partial charge is 0.506 e. The predicted molar refractivity (Wildman–Crippen MR) is 176 cm³/mol. The second-order valence-corrected chi connectivity index (χ2v) is 13.2. The molecule has 2 aromatic rings. The van der Waals surface area contributed by atoms with Gasteiger partial charge >= 0.3 is 5.17 Å². The van der Waals surface area contributed by atoms with E-state index in [1.807, 2.05) is 32.0 Å². The van der Waals surface area contributed by atoms with Gasteiger partial charge in [0, 0.05) is 22.2 Å². The Balaban J connectivity index is 1.28. The number of aromatic nitrogens is 1. The minimum atomic E-state index is -0.123. The number of aryl methyl sites for hydroxylation is 2. The molecule has 0 fully saturated rings. The molecule has 0 spiro atoms. The van der Waals surface area contributed by atoms with Gasteiger partial charge in [0.15, 0.2) is 6.21 Å². The normalized spacial score (nSPS) is 18.0. The molecule has 5 nitrogen and oxygen atoms in total. The molecular weight excluding hydrogens is 547 g/mol. The van der Waals surface area contributed by atoms with Gasteiger partial charge in [-0.1, -0.05) is 102 Å². The maximum Gasteiger partial charge on any atom is 0.364 e. The quantitative estimate of drug-likeness (QED) is 0.113. The zero-order chi connectivity index (χ0) is 29.0. The van der Waals surface area contributed by atoms with Gasteiger partial charge in [-0.05, 0) is 55.3 Å². The van der Waals surface area contributed by atoms with Crippen LogP contribution in [0.2, 0.25) is 0 Å². The van der Waals surface area contributed by atoms with Crippen LogP contribution in [0.4, 0.5) is 5.69 Å². The van der Waals surface area contributed by atoms with Crippen LogP contribution in [-0.4, -0.2) is 37.8 Å². The van der Waals surface area contributed by atoms with Crippen molar-refractivity contribution in [2.24, 2.45) is 4.99 Å². The number of carbonyl (C=O) groups excluding carboxylic acids is 1. The highest BCUT2D eigenvalue weighted by molar-refractivity contribution is 8.18. The lowest BCUT2D eigenvalue weighted by Gasteiger charge is -2.22. The van der Waals surface area contributed by atoms with Crippen LogP contribution < -0.4 is 0 Å². The number of aliphatic hydroxyl groups is 1. The molecule has 7 heteroatoms. The maximum absolute atomic E-state index is 13.1. The van der Waals surface area contributed by atoms with Crippen molar-refractivity contribution < 1.29 is 14.5 Å². The first kappa shape index (κ1) is 31.4. The molecule has 4 rings (SSSR count). The van der Waals surface area contributed by atoms with E-state index in [1.54, 1.807) is 6.21 Å². The van der Waals surface area contributed by atoms with E-state index in [4.69, 9.17) is 4.99 Å². The Morgan fingerprint density at radius 1 is 0.805 bits per heavy atom. The van der Waals surface area contributed by atoms with Crippen molar-refractivity contribution in [1.29, 1.82) is 0 Å². The fourth-order valence-electron chi connectivity index (χ4n) is 5.62. The number of carbonyl (C=O) groups is 1. The van der Waals surface area contributed by atoms with Crippen LogP contribution in [-0.2, 0) is 4.79 Å². The number of aliphatic hydroxyl groups excluding tert-OH is 1. The lowest BCUT2D eigenvalue weighted by atomic mass is 9.82. The summed E-state index contributed by atoms with van der Waals surface area (Å²) in [4.78, 5) is 19.5. The molecule has 41 heavy (non-hydrogen) atoms. The SMILES string of the molecule is CCCCCCCCCCCCCCCC[N+](=C1N=C/C(=C2/C(=O)C(c3c(C)nsc3C)=C2O)S1)c1ccccc1. The number of rotatable bonds is 17. The number of benzene rings is 1. The van der Waals surface area contributed by atoms with Gasteiger partial charge in [-0.3, -0.25) is 4.79 Å². The van der Waals surface area contributed by atoms with Crippen LogP contribution in [0.15, 0.2) is 51.6 Å². The van der Waals surface area contributed by atoms with Crippen LogP contribution in [0.25, 0.3) is 5.57 Å². The van der Waals surface area contributed by atoms with Gasteiger partial charge in [-0.15, -0.1) is 0 Å². The Morgan fingerprint density at radius 3 is 1.93 bits per heavy atom. The number of amidine groups is 1. The third kappa shape index (κ3) is 8.29. The minimum absolute atomic E-state index is 0.0647. The first-order valence-corrected chi connectivity index (χ1v) is 17.2. The molecule has 1 aliphatic heterocycles. The van der Waals surface area contributed by atoms with Gasteiger partial charge < -0.3 is 5.11 Å². The average molecular weight is 593 g/mol. The van der Waals surface area contributed by atoms with Crippen molar-refractivity contribution >= 4 is 51.7 Å². The number of allylic oxidation sites excluding steroid dienone is 3. The van der Waals surface area contributed by atoms with Crippen molar-refractivity contribution in [3.8, 4) is 0 Å². The number of ketones is 1. The van der Waals surface area contributed by atoms with Crippen LogP contribution in [0.5, 0.6) is 0 Å². The fourth-order valence-corrected chi connectivity index (χ4v) is 7.33. The Morgan fingerprint density at radius 2 is 1.39 bits per heavy atom. The van der Waals surface area contributed by atoms with Crippen LogP contribution >= 0.6 is 23.3 Å². The molecule has 0 radical (unpaired) electrons. The standard InChI is InChI=1S/C34H45N3O2S2/c1-4-5-6-7-8-9-10-11-12-13-14-15-16-20-23-37(27-21-18-17-19-22-27)34-35-24-28(40-34)30-32(38)31(33(30)39)29-25(2)36-41-26(29)3/h17-19,21-22,24H,4-16,20,23H2,1-3H3/p+1. The lowest BCUT2D eigenvalue weighted by Crippen LogP contribution is -2.23. The molecule has 0 amide bonds. The summed E-state index contributed by atoms with van der Waals surface area (Å²) in [5.41, 5.74) is 3.42. The first-order valence-electron chi connectivity index (χ1n) is 15.6. The predicted octanol–water partition coefficient (Wildman–Crippen LogP) is 9.86. The van der Waals surface area contributed by atoms with Crippen molar-refractivity contribution in [3.05, 3.63) is 62.7 Å². The third-order valence-electron chi connectivity index (χ3n) is 7.99. The van der Waals surface area contributed by atoms with Crippen molar-refractivity contribution in [1.82, 2.24) is 4.37 Å². The van der Waals surface area contributed by atoms with Gasteiger partial charge in [0.05, 0.1) is 28.3 Å². The van der Waals surface area contributed by atoms with Crippen molar-refractivity contribution in [2.45, 2.75) is 111 Å². The number of hydrogen-bond donors (Lipinski definition) is 1. The van der Waals surface area contributed by atoms with E-state index in [2.05, 4.69) is 28.0 Å².